The summed E-state index contributed by atoms with van der Waals surface area (Å²) in [4.78, 5) is 25.2. The molecule has 6 nitrogen and oxygen atoms in total. The highest BCUT2D eigenvalue weighted by Crippen LogP contribution is 2.10. The van der Waals surface area contributed by atoms with Crippen LogP contribution in [0, 0.1) is 6.92 Å². The van der Waals surface area contributed by atoms with Gasteiger partial charge in [-0.05, 0) is 37.5 Å². The number of aliphatic hydroxyl groups excluding tert-OH is 1. The molecule has 1 unspecified atom stereocenters. The third-order valence-electron chi connectivity index (χ3n) is 3.43. The number of likely N-dealkylation sites (tertiary alicyclic amines) is 1. The van der Waals surface area contributed by atoms with Crippen LogP contribution in [0.4, 0.5) is 10.5 Å². The van der Waals surface area contributed by atoms with Crippen LogP contribution in [0.3, 0.4) is 0 Å². The van der Waals surface area contributed by atoms with E-state index in [4.69, 9.17) is 0 Å². The van der Waals surface area contributed by atoms with E-state index < -0.39 is 12.1 Å². The summed E-state index contributed by atoms with van der Waals surface area (Å²) in [6, 6.07) is 7.02. The zero-order valence-corrected chi connectivity index (χ0v) is 12.1. The molecule has 0 bridgehead atoms. The second kappa shape index (κ2) is 7.08. The molecular weight excluding hydrogens is 270 g/mol. The van der Waals surface area contributed by atoms with Gasteiger partial charge in [0.25, 0.3) is 0 Å². The van der Waals surface area contributed by atoms with Crippen molar-refractivity contribution in [3.63, 3.8) is 0 Å². The molecule has 3 amide bonds. The SMILES string of the molecule is Cc1cccc(NC(=O)NCC(=O)N2CCCC(O)C2)c1. The molecule has 6 heteroatoms. The van der Waals surface area contributed by atoms with Crippen LogP contribution in [0.1, 0.15) is 18.4 Å². The lowest BCUT2D eigenvalue weighted by Crippen LogP contribution is -2.47. The molecule has 1 aromatic rings. The Morgan fingerprint density at radius 1 is 1.43 bits per heavy atom. The number of nitrogens with zero attached hydrogens (tertiary/aromatic N) is 1. The van der Waals surface area contributed by atoms with Crippen molar-refractivity contribution in [2.45, 2.75) is 25.9 Å². The van der Waals surface area contributed by atoms with E-state index in [9.17, 15) is 14.7 Å². The van der Waals surface area contributed by atoms with Crippen molar-refractivity contribution in [2.24, 2.45) is 0 Å². The molecule has 0 aliphatic carbocycles. The van der Waals surface area contributed by atoms with Gasteiger partial charge >= 0.3 is 6.03 Å². The van der Waals surface area contributed by atoms with Gasteiger partial charge in [-0.15, -0.1) is 0 Å². The van der Waals surface area contributed by atoms with Crippen LogP contribution in [-0.4, -0.2) is 47.7 Å². The molecule has 1 saturated heterocycles. The van der Waals surface area contributed by atoms with Crippen molar-refractivity contribution < 1.29 is 14.7 Å². The summed E-state index contributed by atoms with van der Waals surface area (Å²) < 4.78 is 0. The number of aliphatic hydroxyl groups is 1. The van der Waals surface area contributed by atoms with Gasteiger partial charge in [0.15, 0.2) is 0 Å². The van der Waals surface area contributed by atoms with E-state index in [0.29, 0.717) is 18.8 Å². The number of anilines is 1. The predicted octanol–water partition coefficient (Wildman–Crippen LogP) is 1.10. The van der Waals surface area contributed by atoms with E-state index in [1.54, 1.807) is 11.0 Å². The number of piperidine rings is 1. The highest BCUT2D eigenvalue weighted by molar-refractivity contribution is 5.92. The summed E-state index contributed by atoms with van der Waals surface area (Å²) in [6.07, 6.45) is 1.07. The molecular formula is C15H21N3O3. The van der Waals surface area contributed by atoms with Crippen molar-refractivity contribution in [1.82, 2.24) is 10.2 Å². The number of β-amino-alcohol motifs (C(OH)–C–C–N with tert-alkyl or cyclic N) is 1. The molecule has 0 spiro atoms. The maximum absolute atomic E-state index is 11.9. The number of aryl methyl sites for hydroxylation is 1. The van der Waals surface area contributed by atoms with Crippen LogP contribution in [0.2, 0.25) is 0 Å². The lowest BCUT2D eigenvalue weighted by Gasteiger charge is -2.30. The zero-order chi connectivity index (χ0) is 15.2. The first-order valence-electron chi connectivity index (χ1n) is 7.12. The van der Waals surface area contributed by atoms with E-state index in [1.807, 2.05) is 25.1 Å². The Bertz CT molecular complexity index is 519. The van der Waals surface area contributed by atoms with Crippen molar-refractivity contribution in [3.05, 3.63) is 29.8 Å². The maximum atomic E-state index is 11.9. The molecule has 2 rings (SSSR count). The first-order chi connectivity index (χ1) is 10.0. The number of benzene rings is 1. The molecule has 1 aromatic carbocycles. The van der Waals surface area contributed by atoms with Gasteiger partial charge < -0.3 is 20.6 Å². The third kappa shape index (κ3) is 4.75. The number of hydrogen-bond donors (Lipinski definition) is 3. The van der Waals surface area contributed by atoms with E-state index in [2.05, 4.69) is 10.6 Å². The fourth-order valence-electron chi connectivity index (χ4n) is 2.35. The number of urea groups is 1. The number of hydrogen-bond acceptors (Lipinski definition) is 3. The number of nitrogens with one attached hydrogen (secondary N) is 2. The Hall–Kier alpha value is -2.08. The lowest BCUT2D eigenvalue weighted by molar-refractivity contribution is -0.133. The summed E-state index contributed by atoms with van der Waals surface area (Å²) >= 11 is 0. The van der Waals surface area contributed by atoms with Gasteiger partial charge in [0, 0.05) is 18.8 Å². The van der Waals surface area contributed by atoms with Gasteiger partial charge in [0.1, 0.15) is 0 Å². The highest BCUT2D eigenvalue weighted by atomic mass is 16.3. The molecule has 1 aliphatic rings. The first-order valence-corrected chi connectivity index (χ1v) is 7.12. The quantitative estimate of drug-likeness (QED) is 0.780. The first kappa shape index (κ1) is 15.3. The minimum atomic E-state index is -0.455. The number of amides is 3. The molecule has 0 radical (unpaired) electrons. The summed E-state index contributed by atoms with van der Waals surface area (Å²) in [6.45, 7) is 2.86. The van der Waals surface area contributed by atoms with E-state index in [1.165, 1.54) is 0 Å². The molecule has 114 valence electrons. The summed E-state index contributed by atoms with van der Waals surface area (Å²) in [5, 5.41) is 14.8. The van der Waals surface area contributed by atoms with Crippen molar-refractivity contribution in [2.75, 3.05) is 25.0 Å². The van der Waals surface area contributed by atoms with Crippen LogP contribution in [0.5, 0.6) is 0 Å². The Kier molecular flexibility index (Phi) is 5.16. The molecule has 1 atom stereocenters. The molecule has 0 aromatic heterocycles. The number of carbonyl (C=O) groups is 2. The average molecular weight is 291 g/mol. The molecule has 3 N–H and O–H groups in total. The molecule has 1 aliphatic heterocycles. The minimum absolute atomic E-state index is 0.0651. The highest BCUT2D eigenvalue weighted by Gasteiger charge is 2.22. The van der Waals surface area contributed by atoms with Gasteiger partial charge in [-0.2, -0.15) is 0 Å². The van der Waals surface area contributed by atoms with Crippen LogP contribution in [0.25, 0.3) is 0 Å². The average Bonchev–Trinajstić information content (AvgIpc) is 2.45. The molecule has 1 heterocycles. The fraction of sp³-hybridized carbons (Fsp3) is 0.467. The fourth-order valence-corrected chi connectivity index (χ4v) is 2.35. The van der Waals surface area contributed by atoms with Gasteiger partial charge in [0.2, 0.25) is 5.91 Å². The Labute approximate surface area is 124 Å². The van der Waals surface area contributed by atoms with Crippen molar-refractivity contribution in [3.8, 4) is 0 Å². The smallest absolute Gasteiger partial charge is 0.319 e. The van der Waals surface area contributed by atoms with Crippen molar-refractivity contribution in [1.29, 1.82) is 0 Å². The summed E-state index contributed by atoms with van der Waals surface area (Å²) in [5.41, 5.74) is 1.74. The van der Waals surface area contributed by atoms with Crippen LogP contribution in [0.15, 0.2) is 24.3 Å². The second-order valence-electron chi connectivity index (χ2n) is 5.31. The van der Waals surface area contributed by atoms with E-state index >= 15 is 0 Å². The predicted molar refractivity (Wildman–Crippen MR) is 80.0 cm³/mol. The monoisotopic (exact) mass is 291 g/mol. The van der Waals surface area contributed by atoms with Gasteiger partial charge in [-0.3, -0.25) is 4.79 Å². The van der Waals surface area contributed by atoms with Crippen LogP contribution >= 0.6 is 0 Å². The Morgan fingerprint density at radius 3 is 2.95 bits per heavy atom. The maximum Gasteiger partial charge on any atom is 0.319 e. The topological polar surface area (TPSA) is 81.7 Å². The summed E-state index contributed by atoms with van der Waals surface area (Å²) in [7, 11) is 0. The van der Waals surface area contributed by atoms with Crippen LogP contribution < -0.4 is 10.6 Å². The standard InChI is InChI=1S/C15H21N3O3/c1-11-4-2-5-12(8-11)17-15(21)16-9-14(20)18-7-3-6-13(19)10-18/h2,4-5,8,13,19H,3,6-7,9-10H2,1H3,(H2,16,17,21). The number of carbonyl (C=O) groups excluding carboxylic acids is 2. The largest absolute Gasteiger partial charge is 0.391 e. The summed E-state index contributed by atoms with van der Waals surface area (Å²) in [5.74, 6) is -0.173. The van der Waals surface area contributed by atoms with Gasteiger partial charge in [0.05, 0.1) is 12.6 Å². The van der Waals surface area contributed by atoms with Gasteiger partial charge in [-0.25, -0.2) is 4.79 Å². The lowest BCUT2D eigenvalue weighted by atomic mass is 10.1. The van der Waals surface area contributed by atoms with E-state index in [0.717, 1.165) is 18.4 Å². The van der Waals surface area contributed by atoms with Gasteiger partial charge in [-0.1, -0.05) is 12.1 Å². The Balaban J connectivity index is 1.77. The third-order valence-corrected chi connectivity index (χ3v) is 3.43. The van der Waals surface area contributed by atoms with Crippen LogP contribution in [-0.2, 0) is 4.79 Å². The van der Waals surface area contributed by atoms with Crippen molar-refractivity contribution >= 4 is 17.6 Å². The van der Waals surface area contributed by atoms with E-state index in [-0.39, 0.29) is 12.5 Å². The molecule has 21 heavy (non-hydrogen) atoms. The molecule has 0 saturated carbocycles. The Morgan fingerprint density at radius 2 is 2.24 bits per heavy atom. The number of rotatable bonds is 3. The molecule has 1 fully saturated rings. The normalized spacial score (nSPS) is 18.2. The second-order valence-corrected chi connectivity index (χ2v) is 5.31. The minimum Gasteiger partial charge on any atom is -0.391 e. The zero-order valence-electron chi connectivity index (χ0n) is 12.1.